The number of nitrogens with one attached hydrogen (secondary N) is 1. The first-order valence-electron chi connectivity index (χ1n) is 10.00. The second-order valence-electron chi connectivity index (χ2n) is 8.02. The summed E-state index contributed by atoms with van der Waals surface area (Å²) in [5.74, 6) is -0.171. The van der Waals surface area contributed by atoms with Gasteiger partial charge in [-0.15, -0.1) is 5.10 Å². The minimum absolute atomic E-state index is 0.0321. The molecule has 7 nitrogen and oxygen atoms in total. The molecule has 3 heterocycles. The molecule has 9 heteroatoms. The predicted octanol–water partition coefficient (Wildman–Crippen LogP) is 2.99. The topological polar surface area (TPSA) is 82.2 Å². The van der Waals surface area contributed by atoms with Gasteiger partial charge in [0.15, 0.2) is 0 Å². The molecule has 0 spiro atoms. The van der Waals surface area contributed by atoms with E-state index >= 15 is 0 Å². The number of amides is 2. The smallest absolute Gasteiger partial charge is 0.253 e. The number of fused-ring (bicyclic) bond motifs is 2. The highest BCUT2D eigenvalue weighted by Crippen LogP contribution is 2.32. The van der Waals surface area contributed by atoms with Gasteiger partial charge in [-0.1, -0.05) is 22.9 Å². The molecule has 1 aromatic heterocycles. The maximum absolute atomic E-state index is 13.9. The normalized spacial score (nSPS) is 20.7. The van der Waals surface area contributed by atoms with E-state index in [1.54, 1.807) is 35.2 Å². The van der Waals surface area contributed by atoms with Gasteiger partial charge in [-0.3, -0.25) is 14.7 Å². The molecule has 2 atom stereocenters. The van der Waals surface area contributed by atoms with Gasteiger partial charge in [-0.25, -0.2) is 4.39 Å². The molecule has 1 N–H and O–H groups in total. The Bertz CT molecular complexity index is 1200. The second kappa shape index (κ2) is 7.77. The molecule has 2 aliphatic heterocycles. The maximum Gasteiger partial charge on any atom is 0.253 e. The summed E-state index contributed by atoms with van der Waals surface area (Å²) in [6.45, 7) is 2.39. The largest absolute Gasteiger partial charge is 0.338 e. The van der Waals surface area contributed by atoms with Crippen molar-refractivity contribution in [3.8, 4) is 0 Å². The van der Waals surface area contributed by atoms with Crippen LogP contribution in [-0.4, -0.2) is 63.2 Å². The van der Waals surface area contributed by atoms with E-state index in [-0.39, 0.29) is 23.7 Å². The van der Waals surface area contributed by atoms with Gasteiger partial charge in [0.2, 0.25) is 5.91 Å². The molecule has 5 rings (SSSR count). The van der Waals surface area contributed by atoms with Crippen molar-refractivity contribution in [2.24, 2.45) is 11.8 Å². The minimum atomic E-state index is -0.465. The van der Waals surface area contributed by atoms with Crippen LogP contribution in [0.4, 0.5) is 4.39 Å². The summed E-state index contributed by atoms with van der Waals surface area (Å²) in [5.41, 5.74) is 2.35. The summed E-state index contributed by atoms with van der Waals surface area (Å²) in [4.78, 5) is 29.1. The quantitative estimate of drug-likeness (QED) is 0.636. The van der Waals surface area contributed by atoms with E-state index < -0.39 is 5.82 Å². The van der Waals surface area contributed by atoms with Crippen molar-refractivity contribution in [2.75, 3.05) is 26.2 Å². The van der Waals surface area contributed by atoms with E-state index in [1.807, 2.05) is 4.90 Å². The van der Waals surface area contributed by atoms with Crippen LogP contribution < -0.4 is 0 Å². The van der Waals surface area contributed by atoms with Crippen molar-refractivity contribution in [3.63, 3.8) is 0 Å². The van der Waals surface area contributed by atoms with Crippen molar-refractivity contribution in [2.45, 2.75) is 0 Å². The molecule has 0 radical (unpaired) electrons. The fourth-order valence-electron chi connectivity index (χ4n) is 4.40. The van der Waals surface area contributed by atoms with Crippen LogP contribution in [0.3, 0.4) is 0 Å². The van der Waals surface area contributed by atoms with Crippen molar-refractivity contribution < 1.29 is 14.0 Å². The number of rotatable bonds is 3. The standard InChI is InChI=1S/C22H19ClFN5O2/c23-17-4-1-13(18(24)8-17)3-6-21(30)28-9-15-11-29(12-16(15)10-28)22(31)14-2-5-19-20(7-14)26-27-25-19/h1-8,15-16H,9-12H2,(H,25,26,27)/t15-,16-/m1/s1. The maximum atomic E-state index is 13.9. The molecule has 2 aliphatic rings. The Balaban J connectivity index is 1.20. The van der Waals surface area contributed by atoms with Gasteiger partial charge < -0.3 is 9.80 Å². The van der Waals surface area contributed by atoms with Gasteiger partial charge in [0.05, 0.1) is 5.52 Å². The molecular weight excluding hydrogens is 421 g/mol. The van der Waals surface area contributed by atoms with Crippen LogP contribution >= 0.6 is 11.6 Å². The highest BCUT2D eigenvalue weighted by molar-refractivity contribution is 6.30. The Kier molecular flexibility index (Phi) is 4.94. The fourth-order valence-corrected chi connectivity index (χ4v) is 4.56. The average molecular weight is 440 g/mol. The van der Waals surface area contributed by atoms with Crippen LogP contribution in [0, 0.1) is 17.7 Å². The molecule has 0 saturated carbocycles. The third-order valence-electron chi connectivity index (χ3n) is 6.03. The van der Waals surface area contributed by atoms with Gasteiger partial charge in [-0.2, -0.15) is 0 Å². The van der Waals surface area contributed by atoms with Gasteiger partial charge >= 0.3 is 0 Å². The first-order valence-corrected chi connectivity index (χ1v) is 10.4. The number of hydrogen-bond donors (Lipinski definition) is 1. The number of aromatic nitrogens is 3. The molecule has 0 aliphatic carbocycles. The number of carbonyl (C=O) groups is 2. The van der Waals surface area contributed by atoms with Crippen molar-refractivity contribution in [1.29, 1.82) is 0 Å². The fraction of sp³-hybridized carbons (Fsp3) is 0.273. The van der Waals surface area contributed by atoms with Crippen molar-refractivity contribution in [1.82, 2.24) is 25.2 Å². The van der Waals surface area contributed by atoms with Gasteiger partial charge in [-0.05, 0) is 36.4 Å². The van der Waals surface area contributed by atoms with Crippen LogP contribution in [0.2, 0.25) is 5.02 Å². The summed E-state index contributed by atoms with van der Waals surface area (Å²) in [6.07, 6.45) is 2.86. The van der Waals surface area contributed by atoms with Crippen LogP contribution in [0.15, 0.2) is 42.5 Å². The predicted molar refractivity (Wildman–Crippen MR) is 114 cm³/mol. The van der Waals surface area contributed by atoms with E-state index in [4.69, 9.17) is 11.6 Å². The van der Waals surface area contributed by atoms with Gasteiger partial charge in [0.1, 0.15) is 11.3 Å². The monoisotopic (exact) mass is 439 g/mol. The minimum Gasteiger partial charge on any atom is -0.338 e. The summed E-state index contributed by atoms with van der Waals surface area (Å²) >= 11 is 5.76. The third-order valence-corrected chi connectivity index (χ3v) is 6.26. The Morgan fingerprint density at radius 1 is 1.06 bits per heavy atom. The number of hydrogen-bond acceptors (Lipinski definition) is 4. The zero-order valence-electron chi connectivity index (χ0n) is 16.5. The summed E-state index contributed by atoms with van der Waals surface area (Å²) in [5, 5.41) is 10.8. The zero-order chi connectivity index (χ0) is 21.5. The van der Waals surface area contributed by atoms with E-state index in [0.29, 0.717) is 47.8 Å². The molecule has 0 unspecified atom stereocenters. The Morgan fingerprint density at radius 2 is 1.81 bits per heavy atom. The molecule has 158 valence electrons. The summed E-state index contributed by atoms with van der Waals surface area (Å²) < 4.78 is 13.9. The summed E-state index contributed by atoms with van der Waals surface area (Å²) in [6, 6.07) is 9.66. The lowest BCUT2D eigenvalue weighted by molar-refractivity contribution is -0.125. The van der Waals surface area contributed by atoms with E-state index in [1.165, 1.54) is 18.2 Å². The zero-order valence-corrected chi connectivity index (χ0v) is 17.2. The lowest BCUT2D eigenvalue weighted by atomic mass is 10.0. The molecule has 2 amide bonds. The first-order chi connectivity index (χ1) is 15.0. The Labute approximate surface area is 182 Å². The third kappa shape index (κ3) is 3.79. The van der Waals surface area contributed by atoms with Gasteiger partial charge in [0, 0.05) is 60.2 Å². The van der Waals surface area contributed by atoms with Crippen LogP contribution in [0.1, 0.15) is 15.9 Å². The highest BCUT2D eigenvalue weighted by atomic mass is 35.5. The van der Waals surface area contributed by atoms with E-state index in [0.717, 1.165) is 5.52 Å². The van der Waals surface area contributed by atoms with Gasteiger partial charge in [0.25, 0.3) is 5.91 Å². The molecule has 3 aromatic rings. The lowest BCUT2D eigenvalue weighted by Gasteiger charge is -2.21. The molecule has 2 fully saturated rings. The SMILES string of the molecule is O=C(C=Cc1ccc(Cl)cc1F)N1C[C@@H]2CN(C(=O)c3ccc4[nH]nnc4c3)C[C@H]2C1. The Morgan fingerprint density at radius 3 is 2.55 bits per heavy atom. The molecule has 2 aromatic carbocycles. The van der Waals surface area contributed by atoms with Crippen LogP contribution in [-0.2, 0) is 4.79 Å². The number of H-pyrrole nitrogens is 1. The van der Waals surface area contributed by atoms with Crippen LogP contribution in [0.5, 0.6) is 0 Å². The number of likely N-dealkylation sites (tertiary alicyclic amines) is 2. The first kappa shape index (κ1) is 19.7. The van der Waals surface area contributed by atoms with Crippen molar-refractivity contribution >= 4 is 40.5 Å². The molecule has 31 heavy (non-hydrogen) atoms. The van der Waals surface area contributed by atoms with Crippen LogP contribution in [0.25, 0.3) is 17.1 Å². The Hall–Kier alpha value is -3.26. The highest BCUT2D eigenvalue weighted by Gasteiger charge is 2.42. The number of benzene rings is 2. The number of nitrogens with zero attached hydrogens (tertiary/aromatic N) is 4. The molecule has 0 bridgehead atoms. The van der Waals surface area contributed by atoms with Crippen molar-refractivity contribution in [3.05, 3.63) is 64.4 Å². The van der Waals surface area contributed by atoms with E-state index in [2.05, 4.69) is 15.4 Å². The average Bonchev–Trinajstić information content (AvgIpc) is 3.46. The lowest BCUT2D eigenvalue weighted by Crippen LogP contribution is -2.35. The molecule has 2 saturated heterocycles. The number of halogens is 2. The van der Waals surface area contributed by atoms with E-state index in [9.17, 15) is 14.0 Å². The number of aromatic amines is 1. The molecular formula is C22H19ClFN5O2. The number of carbonyl (C=O) groups excluding carboxylic acids is 2. The second-order valence-corrected chi connectivity index (χ2v) is 8.45. The summed E-state index contributed by atoms with van der Waals surface area (Å²) in [7, 11) is 0.